The predicted molar refractivity (Wildman–Crippen MR) is 77.6 cm³/mol. The molecule has 104 valence electrons. The number of rotatable bonds is 3. The van der Waals surface area contributed by atoms with Crippen molar-refractivity contribution in [3.05, 3.63) is 66.3 Å². The summed E-state index contributed by atoms with van der Waals surface area (Å²) in [5.41, 5.74) is 1.02. The normalized spacial score (nSPS) is 27.8. The van der Waals surface area contributed by atoms with Crippen molar-refractivity contribution in [2.75, 3.05) is 0 Å². The van der Waals surface area contributed by atoms with Crippen molar-refractivity contribution in [1.29, 1.82) is 0 Å². The second-order valence-electron chi connectivity index (χ2n) is 5.14. The Labute approximate surface area is 119 Å². The average molecular weight is 288 g/mol. The molecular weight excluding hydrogens is 272 g/mol. The number of benzene rings is 1. The van der Waals surface area contributed by atoms with Crippen LogP contribution in [0.4, 0.5) is 0 Å². The van der Waals surface area contributed by atoms with Crippen LogP contribution >= 0.6 is 0 Å². The molecule has 1 aromatic rings. The molecule has 1 aromatic carbocycles. The minimum atomic E-state index is -3.73. The fourth-order valence-electron chi connectivity index (χ4n) is 2.50. The summed E-state index contributed by atoms with van der Waals surface area (Å²) in [6.07, 6.45) is 11.4. The van der Waals surface area contributed by atoms with Crippen LogP contribution in [0, 0.1) is 18.8 Å². The first-order valence-electron chi connectivity index (χ1n) is 6.59. The van der Waals surface area contributed by atoms with Crippen LogP contribution < -0.4 is 0 Å². The maximum atomic E-state index is 12.3. The van der Waals surface area contributed by atoms with Gasteiger partial charge in [0.25, 0.3) is 10.1 Å². The molecule has 0 N–H and O–H groups in total. The smallest absolute Gasteiger partial charge is 0.261 e. The second-order valence-corrected chi connectivity index (χ2v) is 6.71. The molecule has 0 aromatic heterocycles. The molecule has 0 aliphatic heterocycles. The quantitative estimate of drug-likeness (QED) is 0.634. The summed E-state index contributed by atoms with van der Waals surface area (Å²) in [7, 11) is -3.73. The molecule has 0 heterocycles. The van der Waals surface area contributed by atoms with Gasteiger partial charge in [0.15, 0.2) is 0 Å². The number of fused-ring (bicyclic) bond motifs is 2. The Hall–Kier alpha value is -1.65. The van der Waals surface area contributed by atoms with Crippen LogP contribution in [-0.2, 0) is 14.3 Å². The zero-order valence-corrected chi connectivity index (χ0v) is 12.0. The summed E-state index contributed by atoms with van der Waals surface area (Å²) in [4.78, 5) is 0.208. The van der Waals surface area contributed by atoms with E-state index in [0.29, 0.717) is 0 Å². The number of aryl methyl sites for hydroxylation is 1. The Balaban J connectivity index is 1.86. The van der Waals surface area contributed by atoms with E-state index in [4.69, 9.17) is 4.18 Å². The van der Waals surface area contributed by atoms with Crippen molar-refractivity contribution in [1.82, 2.24) is 0 Å². The van der Waals surface area contributed by atoms with Crippen molar-refractivity contribution >= 4 is 10.1 Å². The molecular formula is C16H16O3S. The summed E-state index contributed by atoms with van der Waals surface area (Å²) < 4.78 is 30.2. The minimum Gasteiger partial charge on any atom is -0.261 e. The van der Waals surface area contributed by atoms with Gasteiger partial charge in [0.05, 0.1) is 11.0 Å². The third-order valence-corrected chi connectivity index (χ3v) is 4.96. The highest BCUT2D eigenvalue weighted by atomic mass is 32.2. The molecule has 2 aliphatic rings. The monoisotopic (exact) mass is 288 g/mol. The Bertz CT molecular complexity index is 659. The van der Waals surface area contributed by atoms with Crippen LogP contribution in [0.3, 0.4) is 0 Å². The molecule has 4 heteroatoms. The molecule has 20 heavy (non-hydrogen) atoms. The summed E-state index contributed by atoms with van der Waals surface area (Å²) in [6.45, 7) is 1.92. The van der Waals surface area contributed by atoms with Crippen molar-refractivity contribution in [2.45, 2.75) is 17.9 Å². The summed E-state index contributed by atoms with van der Waals surface area (Å²) in [5, 5.41) is 0. The van der Waals surface area contributed by atoms with Crippen LogP contribution in [0.2, 0.25) is 0 Å². The lowest BCUT2D eigenvalue weighted by Crippen LogP contribution is -2.27. The highest BCUT2D eigenvalue weighted by Crippen LogP contribution is 2.33. The van der Waals surface area contributed by atoms with E-state index in [0.717, 1.165) is 5.56 Å². The maximum absolute atomic E-state index is 12.3. The molecule has 0 fully saturated rings. The highest BCUT2D eigenvalue weighted by molar-refractivity contribution is 7.86. The largest absolute Gasteiger partial charge is 0.297 e. The molecule has 2 aliphatic carbocycles. The molecule has 3 rings (SSSR count). The summed E-state index contributed by atoms with van der Waals surface area (Å²) >= 11 is 0. The number of hydrogen-bond donors (Lipinski definition) is 0. The first-order valence-corrected chi connectivity index (χ1v) is 8.00. The molecule has 3 nitrogen and oxygen atoms in total. The van der Waals surface area contributed by atoms with Crippen molar-refractivity contribution in [2.24, 2.45) is 11.8 Å². The molecule has 0 saturated heterocycles. The zero-order valence-electron chi connectivity index (χ0n) is 11.1. The standard InChI is InChI=1S/C16H16O3S/c1-12-6-10-15(11-7-12)20(17,18)19-16-13-4-2-3-5-14(16)9-8-13/h2-11,13-14,16H,1H3. The fraction of sp³-hybridized carbons (Fsp3) is 0.250. The predicted octanol–water partition coefficient (Wildman–Crippen LogP) is 3.00. The van der Waals surface area contributed by atoms with Gasteiger partial charge in [-0.15, -0.1) is 0 Å². The fourth-order valence-corrected chi connectivity index (χ4v) is 3.63. The van der Waals surface area contributed by atoms with Gasteiger partial charge in [0.1, 0.15) is 0 Å². The van der Waals surface area contributed by atoms with Crippen LogP contribution in [0.15, 0.2) is 65.6 Å². The highest BCUT2D eigenvalue weighted by Gasteiger charge is 2.34. The van der Waals surface area contributed by atoms with Gasteiger partial charge >= 0.3 is 0 Å². The Morgan fingerprint density at radius 1 is 0.900 bits per heavy atom. The lowest BCUT2D eigenvalue weighted by molar-refractivity contribution is 0.170. The first-order chi connectivity index (χ1) is 9.56. The van der Waals surface area contributed by atoms with Crippen LogP contribution in [0.1, 0.15) is 5.56 Å². The van der Waals surface area contributed by atoms with E-state index < -0.39 is 10.1 Å². The van der Waals surface area contributed by atoms with E-state index in [-0.39, 0.29) is 22.8 Å². The van der Waals surface area contributed by atoms with Gasteiger partial charge in [-0.1, -0.05) is 54.2 Å². The van der Waals surface area contributed by atoms with E-state index in [2.05, 4.69) is 0 Å². The lowest BCUT2D eigenvalue weighted by atomic mass is 10.0. The third-order valence-electron chi connectivity index (χ3n) is 3.64. The molecule has 0 amide bonds. The topological polar surface area (TPSA) is 43.4 Å². The van der Waals surface area contributed by atoms with E-state index in [1.165, 1.54) is 0 Å². The number of hydrogen-bond acceptors (Lipinski definition) is 3. The third kappa shape index (κ3) is 2.49. The SMILES string of the molecule is Cc1ccc(S(=O)(=O)OC2C3C=CC=CC2C=C3)cc1. The molecule has 0 spiro atoms. The Morgan fingerprint density at radius 2 is 1.45 bits per heavy atom. The Kier molecular flexibility index (Phi) is 3.36. The Morgan fingerprint density at radius 3 is 2.00 bits per heavy atom. The van der Waals surface area contributed by atoms with E-state index in [9.17, 15) is 8.42 Å². The van der Waals surface area contributed by atoms with Crippen LogP contribution in [-0.4, -0.2) is 14.5 Å². The van der Waals surface area contributed by atoms with Crippen molar-refractivity contribution in [3.63, 3.8) is 0 Å². The molecule has 2 atom stereocenters. The van der Waals surface area contributed by atoms with Crippen molar-refractivity contribution in [3.8, 4) is 0 Å². The summed E-state index contributed by atoms with van der Waals surface area (Å²) in [6, 6.07) is 6.72. The average Bonchev–Trinajstić information content (AvgIpc) is 2.62. The van der Waals surface area contributed by atoms with Gasteiger partial charge in [-0.2, -0.15) is 8.42 Å². The van der Waals surface area contributed by atoms with Crippen molar-refractivity contribution < 1.29 is 12.6 Å². The van der Waals surface area contributed by atoms with Gasteiger partial charge in [-0.3, -0.25) is 4.18 Å². The van der Waals surface area contributed by atoms with Gasteiger partial charge < -0.3 is 0 Å². The molecule has 2 unspecified atom stereocenters. The van der Waals surface area contributed by atoms with Gasteiger partial charge in [0, 0.05) is 11.8 Å². The zero-order chi connectivity index (χ0) is 14.2. The number of allylic oxidation sites excluding steroid dienone is 2. The molecule has 0 radical (unpaired) electrons. The van der Waals surface area contributed by atoms with Gasteiger partial charge in [-0.25, -0.2) is 0 Å². The van der Waals surface area contributed by atoms with Crippen LogP contribution in [0.25, 0.3) is 0 Å². The maximum Gasteiger partial charge on any atom is 0.297 e. The van der Waals surface area contributed by atoms with E-state index in [1.807, 2.05) is 43.4 Å². The van der Waals surface area contributed by atoms with Crippen LogP contribution in [0.5, 0.6) is 0 Å². The minimum absolute atomic E-state index is 0.00947. The summed E-state index contributed by atoms with van der Waals surface area (Å²) in [5.74, 6) is 0.0189. The second kappa shape index (κ2) is 5.04. The molecule has 0 saturated carbocycles. The van der Waals surface area contributed by atoms with E-state index in [1.54, 1.807) is 24.3 Å². The molecule has 2 bridgehead atoms. The van der Waals surface area contributed by atoms with Gasteiger partial charge in [0.2, 0.25) is 0 Å². The first kappa shape index (κ1) is 13.3. The lowest BCUT2D eigenvalue weighted by Gasteiger charge is -2.20. The van der Waals surface area contributed by atoms with E-state index >= 15 is 0 Å². The van der Waals surface area contributed by atoms with Gasteiger partial charge in [-0.05, 0) is 19.1 Å².